The molecule has 0 aliphatic heterocycles. The van der Waals surface area contributed by atoms with Gasteiger partial charge < -0.3 is 15.5 Å². The molecule has 3 rings (SSSR count). The lowest BCUT2D eigenvalue weighted by atomic mass is 10.1. The summed E-state index contributed by atoms with van der Waals surface area (Å²) in [6.07, 6.45) is 1.56. The number of amides is 2. The highest BCUT2D eigenvalue weighted by Crippen LogP contribution is 2.18. The largest absolute Gasteiger partial charge is 0.345 e. The minimum Gasteiger partial charge on any atom is -0.345 e. The molecule has 6 nitrogen and oxygen atoms in total. The van der Waals surface area contributed by atoms with Crippen molar-refractivity contribution in [1.29, 1.82) is 0 Å². The van der Waals surface area contributed by atoms with Gasteiger partial charge in [0.05, 0.1) is 0 Å². The van der Waals surface area contributed by atoms with Crippen LogP contribution in [0, 0.1) is 0 Å². The highest BCUT2D eigenvalue weighted by Gasteiger charge is 2.13. The molecular weight excluding hydrogens is 400 g/mol. The molecule has 0 bridgehead atoms. The molecule has 30 heavy (non-hydrogen) atoms. The van der Waals surface area contributed by atoms with E-state index in [0.29, 0.717) is 35.1 Å². The van der Waals surface area contributed by atoms with Gasteiger partial charge in [-0.3, -0.25) is 14.6 Å². The number of halogens is 1. The molecule has 0 spiro atoms. The molecule has 154 valence electrons. The van der Waals surface area contributed by atoms with E-state index in [1.54, 1.807) is 44.6 Å². The fraction of sp³-hybridized carbons (Fsp3) is 0.174. The van der Waals surface area contributed by atoms with Gasteiger partial charge in [-0.05, 0) is 53.6 Å². The molecule has 0 saturated heterocycles. The lowest BCUT2D eigenvalue weighted by Gasteiger charge is -2.14. The second-order valence-electron chi connectivity index (χ2n) is 7.02. The van der Waals surface area contributed by atoms with Crippen LogP contribution in [0.4, 0.5) is 5.69 Å². The SMILES string of the molecule is CN(C)C(=O)c1cc(CNCc2cccc(Cl)c2)cc(NC(=O)c2ccccn2)c1. The maximum atomic E-state index is 12.5. The number of nitrogens with one attached hydrogen (secondary N) is 2. The lowest BCUT2D eigenvalue weighted by molar-refractivity contribution is 0.0827. The fourth-order valence-corrected chi connectivity index (χ4v) is 3.15. The van der Waals surface area contributed by atoms with Gasteiger partial charge in [0, 0.05) is 49.7 Å². The van der Waals surface area contributed by atoms with E-state index in [2.05, 4.69) is 15.6 Å². The van der Waals surface area contributed by atoms with Crippen LogP contribution in [0.1, 0.15) is 32.0 Å². The Kier molecular flexibility index (Phi) is 7.17. The highest BCUT2D eigenvalue weighted by atomic mass is 35.5. The number of carbonyl (C=O) groups is 2. The first-order chi connectivity index (χ1) is 14.4. The Balaban J connectivity index is 1.77. The van der Waals surface area contributed by atoms with Gasteiger partial charge in [0.15, 0.2) is 0 Å². The highest BCUT2D eigenvalue weighted by molar-refractivity contribution is 6.30. The minimum atomic E-state index is -0.331. The molecule has 0 saturated carbocycles. The number of nitrogens with zero attached hydrogens (tertiary/aromatic N) is 2. The first-order valence-corrected chi connectivity index (χ1v) is 9.83. The maximum Gasteiger partial charge on any atom is 0.274 e. The smallest absolute Gasteiger partial charge is 0.274 e. The van der Waals surface area contributed by atoms with Crippen LogP contribution in [0.15, 0.2) is 66.9 Å². The van der Waals surface area contributed by atoms with Crippen molar-refractivity contribution in [3.05, 3.63) is 94.3 Å². The van der Waals surface area contributed by atoms with Gasteiger partial charge in [-0.1, -0.05) is 29.8 Å². The summed E-state index contributed by atoms with van der Waals surface area (Å²) in [5, 5.41) is 6.86. The normalized spacial score (nSPS) is 10.5. The Morgan fingerprint density at radius 1 is 0.967 bits per heavy atom. The van der Waals surface area contributed by atoms with E-state index >= 15 is 0 Å². The molecule has 2 aromatic carbocycles. The number of pyridine rings is 1. The Hall–Kier alpha value is -3.22. The number of hydrogen-bond donors (Lipinski definition) is 2. The number of anilines is 1. The summed E-state index contributed by atoms with van der Waals surface area (Å²) in [7, 11) is 3.39. The Morgan fingerprint density at radius 2 is 1.77 bits per heavy atom. The van der Waals surface area contributed by atoms with Gasteiger partial charge in [-0.25, -0.2) is 0 Å². The first kappa shape index (κ1) is 21.5. The molecule has 3 aromatic rings. The summed E-state index contributed by atoms with van der Waals surface area (Å²) < 4.78 is 0. The molecule has 2 amide bonds. The average molecular weight is 423 g/mol. The molecule has 7 heteroatoms. The van der Waals surface area contributed by atoms with E-state index in [0.717, 1.165) is 11.1 Å². The van der Waals surface area contributed by atoms with Crippen molar-refractivity contribution in [1.82, 2.24) is 15.2 Å². The van der Waals surface area contributed by atoms with Crippen LogP contribution in [0.25, 0.3) is 0 Å². The number of benzene rings is 2. The van der Waals surface area contributed by atoms with Crippen LogP contribution < -0.4 is 10.6 Å². The fourth-order valence-electron chi connectivity index (χ4n) is 2.94. The van der Waals surface area contributed by atoms with Crippen LogP contribution in [0.3, 0.4) is 0 Å². The van der Waals surface area contributed by atoms with Gasteiger partial charge >= 0.3 is 0 Å². The van der Waals surface area contributed by atoms with E-state index in [1.165, 1.54) is 4.90 Å². The molecule has 0 atom stereocenters. The van der Waals surface area contributed by atoms with Gasteiger partial charge in [0.1, 0.15) is 5.69 Å². The summed E-state index contributed by atoms with van der Waals surface area (Å²) in [4.78, 5) is 30.5. The summed E-state index contributed by atoms with van der Waals surface area (Å²) >= 11 is 6.03. The van der Waals surface area contributed by atoms with Crippen molar-refractivity contribution in [2.24, 2.45) is 0 Å². The van der Waals surface area contributed by atoms with E-state index < -0.39 is 0 Å². The van der Waals surface area contributed by atoms with E-state index in [1.807, 2.05) is 36.4 Å². The third kappa shape index (κ3) is 5.89. The van der Waals surface area contributed by atoms with Crippen LogP contribution in [-0.2, 0) is 13.1 Å². The van der Waals surface area contributed by atoms with Crippen molar-refractivity contribution < 1.29 is 9.59 Å². The summed E-state index contributed by atoms with van der Waals surface area (Å²) in [5.74, 6) is -0.470. The molecule has 0 fully saturated rings. The zero-order valence-corrected chi connectivity index (χ0v) is 17.6. The van der Waals surface area contributed by atoms with Crippen LogP contribution >= 0.6 is 11.6 Å². The van der Waals surface area contributed by atoms with Crippen molar-refractivity contribution in [3.63, 3.8) is 0 Å². The quantitative estimate of drug-likeness (QED) is 0.604. The van der Waals surface area contributed by atoms with E-state index in [-0.39, 0.29) is 11.8 Å². The number of rotatable bonds is 7. The average Bonchev–Trinajstić information content (AvgIpc) is 2.73. The van der Waals surface area contributed by atoms with Gasteiger partial charge in [-0.15, -0.1) is 0 Å². The first-order valence-electron chi connectivity index (χ1n) is 9.45. The second kappa shape index (κ2) is 10.0. The second-order valence-corrected chi connectivity index (χ2v) is 7.46. The molecule has 1 aromatic heterocycles. The van der Waals surface area contributed by atoms with E-state index in [9.17, 15) is 9.59 Å². The number of aromatic nitrogens is 1. The molecule has 0 radical (unpaired) electrons. The van der Waals surface area contributed by atoms with Gasteiger partial charge in [0.2, 0.25) is 0 Å². The van der Waals surface area contributed by atoms with Gasteiger partial charge in [0.25, 0.3) is 11.8 Å². The van der Waals surface area contributed by atoms with Crippen LogP contribution in [0.2, 0.25) is 5.02 Å². The molecular formula is C23H23ClN4O2. The standard InChI is InChI=1S/C23H23ClN4O2/c1-28(2)23(30)18-10-17(15-25-14-16-6-5-7-19(24)11-16)12-20(13-18)27-22(29)21-8-3-4-9-26-21/h3-13,25H,14-15H2,1-2H3,(H,27,29). The Morgan fingerprint density at radius 3 is 2.47 bits per heavy atom. The van der Waals surface area contributed by atoms with Crippen molar-refractivity contribution in [3.8, 4) is 0 Å². The number of hydrogen-bond acceptors (Lipinski definition) is 4. The molecule has 0 aliphatic carbocycles. The topological polar surface area (TPSA) is 74.3 Å². The maximum absolute atomic E-state index is 12.5. The van der Waals surface area contributed by atoms with E-state index in [4.69, 9.17) is 11.6 Å². The Labute approximate surface area is 180 Å². The zero-order chi connectivity index (χ0) is 21.5. The lowest BCUT2D eigenvalue weighted by Crippen LogP contribution is -2.23. The van der Waals surface area contributed by atoms with Crippen LogP contribution in [0.5, 0.6) is 0 Å². The molecule has 1 heterocycles. The number of carbonyl (C=O) groups excluding carboxylic acids is 2. The summed E-state index contributed by atoms with van der Waals surface area (Å²) in [6, 6.07) is 18.1. The molecule has 0 unspecified atom stereocenters. The minimum absolute atomic E-state index is 0.139. The van der Waals surface area contributed by atoms with Gasteiger partial charge in [-0.2, -0.15) is 0 Å². The van der Waals surface area contributed by atoms with Crippen molar-refractivity contribution in [2.75, 3.05) is 19.4 Å². The Bertz CT molecular complexity index is 1040. The molecule has 2 N–H and O–H groups in total. The van der Waals surface area contributed by atoms with Crippen LogP contribution in [-0.4, -0.2) is 35.8 Å². The zero-order valence-electron chi connectivity index (χ0n) is 16.9. The summed E-state index contributed by atoms with van der Waals surface area (Å²) in [6.45, 7) is 1.15. The van der Waals surface area contributed by atoms with Crippen molar-refractivity contribution in [2.45, 2.75) is 13.1 Å². The third-order valence-corrected chi connectivity index (χ3v) is 4.58. The van der Waals surface area contributed by atoms with Crippen molar-refractivity contribution >= 4 is 29.1 Å². The summed E-state index contributed by atoms with van der Waals surface area (Å²) in [5.41, 5.74) is 3.28. The monoisotopic (exact) mass is 422 g/mol. The third-order valence-electron chi connectivity index (χ3n) is 4.35. The molecule has 0 aliphatic rings. The predicted octanol–water partition coefficient (Wildman–Crippen LogP) is 3.98. The predicted molar refractivity (Wildman–Crippen MR) is 119 cm³/mol.